The van der Waals surface area contributed by atoms with Crippen LogP contribution in [0.2, 0.25) is 19.6 Å². The Hall–Kier alpha value is -0.493. The number of benzene rings is 1. The van der Waals surface area contributed by atoms with Gasteiger partial charge in [0.15, 0.2) is 20.1 Å². The van der Waals surface area contributed by atoms with E-state index in [2.05, 4.69) is 85.3 Å². The van der Waals surface area contributed by atoms with Crippen molar-refractivity contribution in [2.45, 2.75) is 39.6 Å². The van der Waals surface area contributed by atoms with E-state index in [1.807, 2.05) is 11.3 Å². The lowest BCUT2D eigenvalue weighted by atomic mass is 10.1. The van der Waals surface area contributed by atoms with Gasteiger partial charge in [0, 0.05) is 11.4 Å². The van der Waals surface area contributed by atoms with E-state index in [-0.39, 0.29) is 6.10 Å². The van der Waals surface area contributed by atoms with Crippen molar-refractivity contribution in [3.63, 3.8) is 0 Å². The minimum Gasteiger partial charge on any atom is -0.401 e. The molecule has 2 rings (SSSR count). The van der Waals surface area contributed by atoms with Crippen LogP contribution in [0.15, 0.2) is 28.7 Å². The molecule has 5 heteroatoms. The van der Waals surface area contributed by atoms with Gasteiger partial charge in [-0.3, -0.25) is 0 Å². The van der Waals surface area contributed by atoms with E-state index in [0.29, 0.717) is 0 Å². The van der Waals surface area contributed by atoms with Crippen molar-refractivity contribution in [1.29, 1.82) is 0 Å². The average Bonchev–Trinajstić information content (AvgIpc) is 2.64. The summed E-state index contributed by atoms with van der Waals surface area (Å²) in [5.41, 5.74) is 2.54. The molecule has 0 saturated heterocycles. The largest absolute Gasteiger partial charge is 0.401 e. The smallest absolute Gasteiger partial charge is 0.270 e. The Bertz CT molecular complexity index is 631. The molecule has 1 aromatic carbocycles. The van der Waals surface area contributed by atoms with Gasteiger partial charge in [-0.2, -0.15) is 4.57 Å². The van der Waals surface area contributed by atoms with Gasteiger partial charge in [0.05, 0.1) is 4.88 Å². The highest BCUT2D eigenvalue weighted by molar-refractivity contribution is 9.10. The number of rotatable bonds is 4. The van der Waals surface area contributed by atoms with E-state index in [9.17, 15) is 0 Å². The lowest BCUT2D eigenvalue weighted by Gasteiger charge is -2.24. The summed E-state index contributed by atoms with van der Waals surface area (Å²) in [6, 6.07) is 8.48. The van der Waals surface area contributed by atoms with Crippen molar-refractivity contribution in [3.8, 4) is 0 Å². The van der Waals surface area contributed by atoms with E-state index in [0.717, 1.165) is 4.47 Å². The summed E-state index contributed by atoms with van der Waals surface area (Å²) < 4.78 is 9.88. The highest BCUT2D eigenvalue weighted by Crippen LogP contribution is 2.32. The van der Waals surface area contributed by atoms with Gasteiger partial charge in [0.25, 0.3) is 5.01 Å². The molecular weight excluding hydrogens is 362 g/mol. The predicted molar refractivity (Wildman–Crippen MR) is 95.4 cm³/mol. The van der Waals surface area contributed by atoms with Gasteiger partial charge in [-0.1, -0.05) is 39.4 Å². The molecule has 0 spiro atoms. The highest BCUT2D eigenvalue weighted by atomic mass is 79.9. The number of thiazole rings is 1. The standard InChI is InChI=1S/C16H23BrNOSSi/c1-11-12(2)20-16(18(11)3)15(19-21(4,5)6)13-7-9-14(17)10-8-13/h7-10,15H,1-6H3/q+1. The zero-order chi connectivity index (χ0) is 15.8. The fourth-order valence-corrected chi connectivity index (χ4v) is 4.65. The number of aryl methyl sites for hydroxylation is 1. The maximum Gasteiger partial charge on any atom is 0.270 e. The molecule has 0 aliphatic heterocycles. The normalized spacial score (nSPS) is 13.5. The first kappa shape index (κ1) is 16.9. The maximum atomic E-state index is 6.51. The van der Waals surface area contributed by atoms with Crippen molar-refractivity contribution < 1.29 is 8.99 Å². The minimum absolute atomic E-state index is 0.0205. The molecule has 1 atom stereocenters. The quantitative estimate of drug-likeness (QED) is 0.539. The predicted octanol–water partition coefficient (Wildman–Crippen LogP) is 4.89. The first-order valence-corrected chi connectivity index (χ1v) is 12.1. The van der Waals surface area contributed by atoms with Crippen LogP contribution in [0.3, 0.4) is 0 Å². The lowest BCUT2D eigenvalue weighted by molar-refractivity contribution is -0.682. The second kappa shape index (κ2) is 6.32. The molecule has 0 N–H and O–H groups in total. The van der Waals surface area contributed by atoms with Crippen LogP contribution in [-0.2, 0) is 11.5 Å². The molecule has 0 amide bonds. The van der Waals surface area contributed by atoms with Crippen LogP contribution in [0.5, 0.6) is 0 Å². The molecule has 0 saturated carbocycles. The van der Waals surface area contributed by atoms with Gasteiger partial charge < -0.3 is 4.43 Å². The molecule has 1 unspecified atom stereocenters. The fourth-order valence-electron chi connectivity index (χ4n) is 2.18. The van der Waals surface area contributed by atoms with Crippen molar-refractivity contribution in [1.82, 2.24) is 0 Å². The number of hydrogen-bond acceptors (Lipinski definition) is 2. The Morgan fingerprint density at radius 1 is 1.14 bits per heavy atom. The van der Waals surface area contributed by atoms with Crippen LogP contribution >= 0.6 is 27.3 Å². The minimum atomic E-state index is -1.65. The molecule has 2 nitrogen and oxygen atoms in total. The van der Waals surface area contributed by atoms with Crippen LogP contribution in [0.4, 0.5) is 0 Å². The average molecular weight is 385 g/mol. The van der Waals surface area contributed by atoms with Gasteiger partial charge in [0.1, 0.15) is 7.05 Å². The van der Waals surface area contributed by atoms with E-state index >= 15 is 0 Å². The SMILES string of the molecule is Cc1sc(C(O[Si](C)(C)C)c2ccc(Br)cc2)[n+](C)c1C. The fraction of sp³-hybridized carbons (Fsp3) is 0.438. The highest BCUT2D eigenvalue weighted by Gasteiger charge is 2.32. The van der Waals surface area contributed by atoms with Crippen LogP contribution < -0.4 is 4.57 Å². The Balaban J connectivity index is 2.50. The van der Waals surface area contributed by atoms with E-state index in [1.54, 1.807) is 0 Å². The third kappa shape index (κ3) is 4.03. The third-order valence-electron chi connectivity index (χ3n) is 3.47. The van der Waals surface area contributed by atoms with Crippen LogP contribution in [0, 0.1) is 13.8 Å². The molecule has 1 aromatic heterocycles. The maximum absolute atomic E-state index is 6.51. The number of halogens is 1. The number of nitrogens with zero attached hydrogens (tertiary/aromatic N) is 1. The second-order valence-corrected chi connectivity index (χ2v) is 12.9. The molecule has 0 aliphatic carbocycles. The third-order valence-corrected chi connectivity index (χ3v) is 6.24. The summed E-state index contributed by atoms with van der Waals surface area (Å²) in [6.07, 6.45) is 0.0205. The molecule has 2 aromatic rings. The van der Waals surface area contributed by atoms with E-state index in [4.69, 9.17) is 4.43 Å². The van der Waals surface area contributed by atoms with Crippen molar-refractivity contribution >= 4 is 35.6 Å². The van der Waals surface area contributed by atoms with E-state index in [1.165, 1.54) is 21.1 Å². The summed E-state index contributed by atoms with van der Waals surface area (Å²) in [5.74, 6) is 0. The summed E-state index contributed by atoms with van der Waals surface area (Å²) in [4.78, 5) is 1.36. The first-order chi connectivity index (χ1) is 9.69. The first-order valence-electron chi connectivity index (χ1n) is 7.08. The topological polar surface area (TPSA) is 13.1 Å². The summed E-state index contributed by atoms with van der Waals surface area (Å²) >= 11 is 5.34. The summed E-state index contributed by atoms with van der Waals surface area (Å²) in [7, 11) is 0.484. The molecule has 0 fully saturated rings. The number of hydrogen-bond donors (Lipinski definition) is 0. The Morgan fingerprint density at radius 2 is 1.71 bits per heavy atom. The Morgan fingerprint density at radius 3 is 2.14 bits per heavy atom. The van der Waals surface area contributed by atoms with Gasteiger partial charge >= 0.3 is 0 Å². The summed E-state index contributed by atoms with van der Waals surface area (Å²) in [5, 5.41) is 1.27. The molecule has 1 heterocycles. The van der Waals surface area contributed by atoms with Gasteiger partial charge in [0.2, 0.25) is 0 Å². The van der Waals surface area contributed by atoms with Crippen molar-refractivity contribution in [3.05, 3.63) is 49.9 Å². The number of aromatic nitrogens is 1. The monoisotopic (exact) mass is 384 g/mol. The lowest BCUT2D eigenvalue weighted by Crippen LogP contribution is -2.38. The molecule has 0 aliphatic rings. The van der Waals surface area contributed by atoms with E-state index < -0.39 is 8.32 Å². The van der Waals surface area contributed by atoms with Crippen molar-refractivity contribution in [2.75, 3.05) is 0 Å². The van der Waals surface area contributed by atoms with Gasteiger partial charge in [-0.25, -0.2) is 0 Å². The molecule has 114 valence electrons. The van der Waals surface area contributed by atoms with Gasteiger partial charge in [-0.15, -0.1) is 0 Å². The van der Waals surface area contributed by atoms with Crippen LogP contribution in [0.25, 0.3) is 0 Å². The molecule has 0 radical (unpaired) electrons. The second-order valence-electron chi connectivity index (χ2n) is 6.30. The molecular formula is C16H23BrNOSSi+. The van der Waals surface area contributed by atoms with Gasteiger partial charge in [-0.05, 0) is 44.3 Å². The van der Waals surface area contributed by atoms with Crippen LogP contribution in [-0.4, -0.2) is 8.32 Å². The Labute approximate surface area is 141 Å². The Kier molecular flexibility index (Phi) is 5.08. The van der Waals surface area contributed by atoms with Crippen LogP contribution in [0.1, 0.15) is 27.2 Å². The zero-order valence-corrected chi connectivity index (χ0v) is 16.9. The van der Waals surface area contributed by atoms with Crippen molar-refractivity contribution in [2.24, 2.45) is 7.05 Å². The molecule has 0 bridgehead atoms. The molecule has 21 heavy (non-hydrogen) atoms. The zero-order valence-electron chi connectivity index (χ0n) is 13.5. The summed E-state index contributed by atoms with van der Waals surface area (Å²) in [6.45, 7) is 11.1.